The van der Waals surface area contributed by atoms with Crippen LogP contribution in [0.25, 0.3) is 11.0 Å². The van der Waals surface area contributed by atoms with Gasteiger partial charge >= 0.3 is 6.36 Å². The van der Waals surface area contributed by atoms with Crippen LogP contribution in [0.2, 0.25) is 0 Å². The molecule has 27 heavy (non-hydrogen) atoms. The third-order valence-electron chi connectivity index (χ3n) is 3.88. The Morgan fingerprint density at radius 1 is 1.19 bits per heavy atom. The number of fused-ring (bicyclic) bond motifs is 1. The van der Waals surface area contributed by atoms with E-state index < -0.39 is 35.8 Å². The molecule has 144 valence electrons. The monoisotopic (exact) mass is 388 g/mol. The zero-order chi connectivity index (χ0) is 19.9. The Hall–Kier alpha value is -2.98. The van der Waals surface area contributed by atoms with E-state index in [1.807, 2.05) is 0 Å². The molecule has 0 radical (unpaired) electrons. The molecule has 0 spiro atoms. The minimum atomic E-state index is -4.82. The molecule has 1 atom stereocenters. The van der Waals surface area contributed by atoms with Gasteiger partial charge in [0.25, 0.3) is 12.0 Å². The smallest absolute Gasteiger partial charge is 0.406 e. The predicted octanol–water partition coefficient (Wildman–Crippen LogP) is 3.87. The highest BCUT2D eigenvalue weighted by atomic mass is 19.4. The Balaban J connectivity index is 2.06. The van der Waals surface area contributed by atoms with Crippen LogP contribution in [0.1, 0.15) is 36.5 Å². The average Bonchev–Trinajstić information content (AvgIpc) is 2.93. The summed E-state index contributed by atoms with van der Waals surface area (Å²) < 4.78 is 68.3. The third kappa shape index (κ3) is 3.76. The maximum atomic E-state index is 13.3. The van der Waals surface area contributed by atoms with Crippen LogP contribution < -0.4 is 10.3 Å². The van der Waals surface area contributed by atoms with E-state index in [0.29, 0.717) is 5.56 Å². The highest BCUT2D eigenvalue weighted by Gasteiger charge is 2.31. The Morgan fingerprint density at radius 2 is 1.81 bits per heavy atom. The number of alkyl halides is 5. The number of hydrogen-bond acceptors (Lipinski definition) is 4. The van der Waals surface area contributed by atoms with Crippen molar-refractivity contribution in [2.45, 2.75) is 32.7 Å². The summed E-state index contributed by atoms with van der Waals surface area (Å²) in [7, 11) is 0. The zero-order valence-corrected chi connectivity index (χ0v) is 14.0. The second-order valence-corrected chi connectivity index (χ2v) is 5.77. The first kappa shape index (κ1) is 18.8. The summed E-state index contributed by atoms with van der Waals surface area (Å²) >= 11 is 0. The number of nitrogens with one attached hydrogen (secondary N) is 1. The average molecular weight is 388 g/mol. The van der Waals surface area contributed by atoms with Crippen molar-refractivity contribution >= 4 is 11.0 Å². The van der Waals surface area contributed by atoms with Gasteiger partial charge in [0.05, 0.1) is 6.04 Å². The number of aromatic nitrogens is 4. The molecule has 11 heteroatoms. The minimum Gasteiger partial charge on any atom is -0.406 e. The quantitative estimate of drug-likeness (QED) is 0.689. The number of aromatic amines is 1. The number of benzene rings is 1. The molecule has 0 bridgehead atoms. The summed E-state index contributed by atoms with van der Waals surface area (Å²) in [4.78, 5) is 18.5. The predicted molar refractivity (Wildman–Crippen MR) is 84.8 cm³/mol. The lowest BCUT2D eigenvalue weighted by Gasteiger charge is -2.15. The largest absolute Gasteiger partial charge is 0.573 e. The van der Waals surface area contributed by atoms with Gasteiger partial charge in [0, 0.05) is 0 Å². The Morgan fingerprint density at radius 3 is 2.37 bits per heavy atom. The number of nitrogens with zero attached hydrogens (tertiary/aromatic N) is 3. The van der Waals surface area contributed by atoms with Crippen LogP contribution in [0.3, 0.4) is 0 Å². The highest BCUT2D eigenvalue weighted by molar-refractivity contribution is 5.77. The van der Waals surface area contributed by atoms with Crippen molar-refractivity contribution < 1.29 is 26.7 Å². The van der Waals surface area contributed by atoms with Crippen molar-refractivity contribution in [1.29, 1.82) is 0 Å². The van der Waals surface area contributed by atoms with Gasteiger partial charge in [-0.05, 0) is 31.5 Å². The number of rotatable bonds is 4. The summed E-state index contributed by atoms with van der Waals surface area (Å²) in [5.41, 5.74) is -1.01. The maximum Gasteiger partial charge on any atom is 0.573 e. The van der Waals surface area contributed by atoms with Gasteiger partial charge in [-0.3, -0.25) is 4.79 Å². The van der Waals surface area contributed by atoms with E-state index in [9.17, 15) is 26.7 Å². The first-order chi connectivity index (χ1) is 12.6. The molecule has 0 aliphatic heterocycles. The standard InChI is InChI=1S/C16H13F5N4O2/c1-7(9-3-5-10(6-4-9)27-16(19,20)21)25-14-11(12(24-25)13(17)18)15(26)23-8(2)22-14/h3-7,13H,1-2H3,(H,22,23,26)/t7-/m1/s1. The molecule has 0 aliphatic rings. The molecule has 0 amide bonds. The van der Waals surface area contributed by atoms with Crippen LogP contribution in [-0.2, 0) is 0 Å². The fourth-order valence-corrected chi connectivity index (χ4v) is 2.69. The van der Waals surface area contributed by atoms with Crippen molar-refractivity contribution in [2.75, 3.05) is 0 Å². The van der Waals surface area contributed by atoms with E-state index in [0.717, 1.165) is 16.8 Å². The highest BCUT2D eigenvalue weighted by Crippen LogP contribution is 2.29. The number of hydrogen-bond donors (Lipinski definition) is 1. The first-order valence-corrected chi connectivity index (χ1v) is 7.69. The molecule has 6 nitrogen and oxygen atoms in total. The fraction of sp³-hybridized carbons (Fsp3) is 0.312. The van der Waals surface area contributed by atoms with E-state index in [1.165, 1.54) is 19.1 Å². The molecule has 0 saturated carbocycles. The minimum absolute atomic E-state index is 0.0327. The molecule has 1 aromatic carbocycles. The summed E-state index contributed by atoms with van der Waals surface area (Å²) in [5.74, 6) is -0.196. The van der Waals surface area contributed by atoms with Gasteiger partial charge < -0.3 is 9.72 Å². The summed E-state index contributed by atoms with van der Waals surface area (Å²) in [5, 5.41) is 3.50. The first-order valence-electron chi connectivity index (χ1n) is 7.69. The van der Waals surface area contributed by atoms with Gasteiger partial charge in [-0.2, -0.15) is 5.10 Å². The van der Waals surface area contributed by atoms with E-state index in [-0.39, 0.29) is 16.9 Å². The molecular formula is C16H13F5N4O2. The van der Waals surface area contributed by atoms with Crippen LogP contribution in [0.4, 0.5) is 22.0 Å². The van der Waals surface area contributed by atoms with Gasteiger partial charge in [0.2, 0.25) is 0 Å². The molecule has 0 saturated heterocycles. The summed E-state index contributed by atoms with van der Waals surface area (Å²) in [6.07, 6.45) is -7.81. The topological polar surface area (TPSA) is 72.8 Å². The number of halogens is 5. The van der Waals surface area contributed by atoms with Crippen LogP contribution in [0.15, 0.2) is 29.1 Å². The number of aryl methyl sites for hydroxylation is 1. The SMILES string of the molecule is Cc1nc2c(c(C(F)F)nn2[C@H](C)c2ccc(OC(F)(F)F)cc2)c(=O)[nH]1. The zero-order valence-electron chi connectivity index (χ0n) is 14.0. The van der Waals surface area contributed by atoms with Crippen LogP contribution in [0.5, 0.6) is 5.75 Å². The number of H-pyrrole nitrogens is 1. The normalized spacial score (nSPS) is 13.3. The van der Waals surface area contributed by atoms with Crippen LogP contribution >= 0.6 is 0 Å². The Labute approximate surface area is 148 Å². The molecule has 0 aliphatic carbocycles. The fourth-order valence-electron chi connectivity index (χ4n) is 2.69. The summed E-state index contributed by atoms with van der Waals surface area (Å²) in [6.45, 7) is 3.09. The van der Waals surface area contributed by atoms with Crippen molar-refractivity contribution in [3.05, 3.63) is 51.7 Å². The van der Waals surface area contributed by atoms with Gasteiger partial charge in [-0.15, -0.1) is 13.2 Å². The molecule has 0 fully saturated rings. The van der Waals surface area contributed by atoms with Gasteiger partial charge in [0.1, 0.15) is 22.7 Å². The van der Waals surface area contributed by atoms with Crippen molar-refractivity contribution in [3.8, 4) is 5.75 Å². The van der Waals surface area contributed by atoms with Crippen molar-refractivity contribution in [2.24, 2.45) is 0 Å². The Kier molecular flexibility index (Phi) is 4.62. The molecule has 2 heterocycles. The molecule has 2 aromatic heterocycles. The van der Waals surface area contributed by atoms with Crippen molar-refractivity contribution in [3.63, 3.8) is 0 Å². The van der Waals surface area contributed by atoms with Gasteiger partial charge in [-0.25, -0.2) is 18.4 Å². The Bertz CT molecular complexity index is 1020. The van der Waals surface area contributed by atoms with E-state index in [1.54, 1.807) is 6.92 Å². The second kappa shape index (κ2) is 6.63. The van der Waals surface area contributed by atoms with Crippen LogP contribution in [0, 0.1) is 6.92 Å². The van der Waals surface area contributed by atoms with Crippen LogP contribution in [-0.4, -0.2) is 26.1 Å². The van der Waals surface area contributed by atoms with Crippen molar-refractivity contribution in [1.82, 2.24) is 19.7 Å². The lowest BCUT2D eigenvalue weighted by Crippen LogP contribution is -2.17. The van der Waals surface area contributed by atoms with Gasteiger partial charge in [0.15, 0.2) is 5.65 Å². The lowest BCUT2D eigenvalue weighted by atomic mass is 10.1. The molecule has 3 aromatic rings. The molecular weight excluding hydrogens is 375 g/mol. The number of ether oxygens (including phenoxy) is 1. The molecule has 1 N–H and O–H groups in total. The van der Waals surface area contributed by atoms with E-state index >= 15 is 0 Å². The van der Waals surface area contributed by atoms with E-state index in [2.05, 4.69) is 19.8 Å². The lowest BCUT2D eigenvalue weighted by molar-refractivity contribution is -0.274. The molecule has 0 unspecified atom stereocenters. The second-order valence-electron chi connectivity index (χ2n) is 5.77. The molecule has 3 rings (SSSR count). The van der Waals surface area contributed by atoms with Gasteiger partial charge in [-0.1, -0.05) is 12.1 Å². The van der Waals surface area contributed by atoms with E-state index in [4.69, 9.17) is 0 Å². The third-order valence-corrected chi connectivity index (χ3v) is 3.88. The summed E-state index contributed by atoms with van der Waals surface area (Å²) in [6, 6.07) is 4.23. The maximum absolute atomic E-state index is 13.3.